The van der Waals surface area contributed by atoms with Crippen LogP contribution in [0.1, 0.15) is 38.7 Å². The first kappa shape index (κ1) is 17.0. The summed E-state index contributed by atoms with van der Waals surface area (Å²) in [7, 11) is 0. The van der Waals surface area contributed by atoms with Crippen LogP contribution in [0.5, 0.6) is 0 Å². The van der Waals surface area contributed by atoms with Gasteiger partial charge in [0.05, 0.1) is 0 Å². The fourth-order valence-electron chi connectivity index (χ4n) is 2.05. The maximum absolute atomic E-state index is 11.8. The second-order valence-corrected chi connectivity index (χ2v) is 5.69. The maximum atomic E-state index is 11.8. The summed E-state index contributed by atoms with van der Waals surface area (Å²) in [4.78, 5) is 22.9. The van der Waals surface area contributed by atoms with Gasteiger partial charge >= 0.3 is 12.0 Å². The Morgan fingerprint density at radius 3 is 2.29 bits per heavy atom. The van der Waals surface area contributed by atoms with Crippen LogP contribution >= 0.6 is 0 Å². The van der Waals surface area contributed by atoms with Gasteiger partial charge in [0.15, 0.2) is 0 Å². The lowest BCUT2D eigenvalue weighted by Crippen LogP contribution is -2.47. The predicted octanol–water partition coefficient (Wildman–Crippen LogP) is 2.59. The van der Waals surface area contributed by atoms with E-state index in [9.17, 15) is 9.59 Å². The van der Waals surface area contributed by atoms with Gasteiger partial charge in [0.2, 0.25) is 0 Å². The van der Waals surface area contributed by atoms with Crippen molar-refractivity contribution in [3.05, 3.63) is 35.9 Å². The summed E-state index contributed by atoms with van der Waals surface area (Å²) in [5, 5.41) is 14.3. The van der Waals surface area contributed by atoms with E-state index in [0.717, 1.165) is 5.56 Å². The Morgan fingerprint density at radius 2 is 1.76 bits per heavy atom. The predicted molar refractivity (Wildman–Crippen MR) is 82.3 cm³/mol. The molecule has 1 aromatic carbocycles. The minimum absolute atomic E-state index is 0.172. The molecule has 1 rings (SSSR count). The van der Waals surface area contributed by atoms with Gasteiger partial charge in [-0.1, -0.05) is 51.1 Å². The number of carboxylic acid groups (broad SMARTS) is 1. The molecule has 5 heteroatoms. The summed E-state index contributed by atoms with van der Waals surface area (Å²) in [6.45, 7) is 6.32. The maximum Gasteiger partial charge on any atom is 0.326 e. The van der Waals surface area contributed by atoms with Crippen molar-refractivity contribution in [2.45, 2.75) is 39.2 Å². The van der Waals surface area contributed by atoms with Crippen LogP contribution in [0.2, 0.25) is 0 Å². The third kappa shape index (κ3) is 6.29. The Hall–Kier alpha value is -2.04. The molecule has 116 valence electrons. The average molecular weight is 292 g/mol. The Kier molecular flexibility index (Phi) is 6.72. The molecular weight excluding hydrogens is 268 g/mol. The van der Waals surface area contributed by atoms with Crippen LogP contribution in [0.15, 0.2) is 30.3 Å². The highest BCUT2D eigenvalue weighted by Crippen LogP contribution is 2.13. The summed E-state index contributed by atoms with van der Waals surface area (Å²) in [5.74, 6) is -0.630. The van der Waals surface area contributed by atoms with E-state index >= 15 is 0 Å². The van der Waals surface area contributed by atoms with Crippen molar-refractivity contribution in [3.8, 4) is 0 Å². The number of carbonyl (C=O) groups is 2. The quantitative estimate of drug-likeness (QED) is 0.722. The van der Waals surface area contributed by atoms with Crippen LogP contribution in [-0.4, -0.2) is 29.7 Å². The minimum Gasteiger partial charge on any atom is -0.480 e. The molecule has 0 spiro atoms. The number of urea groups is 1. The first-order chi connectivity index (χ1) is 9.90. The normalized spacial score (nSPS) is 13.5. The number of hydrogen-bond donors (Lipinski definition) is 3. The number of amides is 2. The standard InChI is InChI=1S/C16H24N2O3/c1-11(2)9-14(15(19)20)18-16(21)17-10-12(3)13-7-5-4-6-8-13/h4-8,11-12,14H,9-10H2,1-3H3,(H,19,20)(H2,17,18,21). The Bertz CT molecular complexity index is 460. The average Bonchev–Trinajstić information content (AvgIpc) is 2.44. The fraction of sp³-hybridized carbons (Fsp3) is 0.500. The van der Waals surface area contributed by atoms with Crippen molar-refractivity contribution in [2.75, 3.05) is 6.54 Å². The highest BCUT2D eigenvalue weighted by atomic mass is 16.4. The first-order valence-corrected chi connectivity index (χ1v) is 7.22. The fourth-order valence-corrected chi connectivity index (χ4v) is 2.05. The Morgan fingerprint density at radius 1 is 1.14 bits per heavy atom. The molecule has 2 atom stereocenters. The molecule has 2 unspecified atom stereocenters. The van der Waals surface area contributed by atoms with E-state index in [1.165, 1.54) is 0 Å². The van der Waals surface area contributed by atoms with Gasteiger partial charge in [0.25, 0.3) is 0 Å². The number of aliphatic carboxylic acids is 1. The SMILES string of the molecule is CC(C)CC(NC(=O)NCC(C)c1ccccc1)C(=O)O. The summed E-state index contributed by atoms with van der Waals surface area (Å²) in [6, 6.07) is 8.57. The molecule has 0 aliphatic rings. The lowest BCUT2D eigenvalue weighted by atomic mass is 10.0. The minimum atomic E-state index is -1.00. The number of nitrogens with one attached hydrogen (secondary N) is 2. The van der Waals surface area contributed by atoms with Crippen molar-refractivity contribution < 1.29 is 14.7 Å². The zero-order valence-electron chi connectivity index (χ0n) is 12.8. The topological polar surface area (TPSA) is 78.4 Å². The van der Waals surface area contributed by atoms with Crippen LogP contribution < -0.4 is 10.6 Å². The summed E-state index contributed by atoms with van der Waals surface area (Å²) < 4.78 is 0. The molecule has 0 radical (unpaired) electrons. The molecule has 21 heavy (non-hydrogen) atoms. The highest BCUT2D eigenvalue weighted by molar-refractivity contribution is 5.82. The van der Waals surface area contributed by atoms with E-state index in [1.54, 1.807) is 0 Å². The Labute approximate surface area is 125 Å². The van der Waals surface area contributed by atoms with Crippen LogP contribution in [0.4, 0.5) is 4.79 Å². The smallest absolute Gasteiger partial charge is 0.326 e. The molecule has 3 N–H and O–H groups in total. The van der Waals surface area contributed by atoms with Crippen molar-refractivity contribution in [1.82, 2.24) is 10.6 Å². The van der Waals surface area contributed by atoms with E-state index in [0.29, 0.717) is 13.0 Å². The number of rotatable bonds is 7. The summed E-state index contributed by atoms with van der Waals surface area (Å²) in [5.41, 5.74) is 1.13. The Balaban J connectivity index is 2.44. The summed E-state index contributed by atoms with van der Waals surface area (Å²) >= 11 is 0. The van der Waals surface area contributed by atoms with Crippen LogP contribution in [0.25, 0.3) is 0 Å². The molecule has 5 nitrogen and oxygen atoms in total. The van der Waals surface area contributed by atoms with Crippen molar-refractivity contribution in [3.63, 3.8) is 0 Å². The van der Waals surface area contributed by atoms with Crippen LogP contribution in [0, 0.1) is 5.92 Å². The number of benzene rings is 1. The van der Waals surface area contributed by atoms with Crippen LogP contribution in [0.3, 0.4) is 0 Å². The zero-order valence-corrected chi connectivity index (χ0v) is 12.8. The van der Waals surface area contributed by atoms with Gasteiger partial charge in [-0.15, -0.1) is 0 Å². The van der Waals surface area contributed by atoms with Crippen molar-refractivity contribution >= 4 is 12.0 Å². The molecular formula is C16H24N2O3. The number of carboxylic acids is 1. The first-order valence-electron chi connectivity index (χ1n) is 7.22. The molecule has 0 aliphatic carbocycles. The highest BCUT2D eigenvalue weighted by Gasteiger charge is 2.21. The molecule has 1 aromatic rings. The van der Waals surface area contributed by atoms with Gasteiger partial charge in [-0.05, 0) is 23.8 Å². The van der Waals surface area contributed by atoms with E-state index in [2.05, 4.69) is 10.6 Å². The van der Waals surface area contributed by atoms with Gasteiger partial charge in [-0.25, -0.2) is 9.59 Å². The molecule has 0 saturated carbocycles. The summed E-state index contributed by atoms with van der Waals surface area (Å²) in [6.07, 6.45) is 0.414. The second kappa shape index (κ2) is 8.29. The molecule has 0 aliphatic heterocycles. The van der Waals surface area contributed by atoms with E-state index in [-0.39, 0.29) is 11.8 Å². The van der Waals surface area contributed by atoms with Crippen LogP contribution in [-0.2, 0) is 4.79 Å². The van der Waals surface area contributed by atoms with Crippen molar-refractivity contribution in [2.24, 2.45) is 5.92 Å². The zero-order chi connectivity index (χ0) is 15.8. The largest absolute Gasteiger partial charge is 0.480 e. The third-order valence-corrected chi connectivity index (χ3v) is 3.25. The van der Waals surface area contributed by atoms with E-state index in [1.807, 2.05) is 51.1 Å². The molecule has 0 saturated heterocycles. The van der Waals surface area contributed by atoms with Gasteiger partial charge in [-0.2, -0.15) is 0 Å². The molecule has 2 amide bonds. The number of hydrogen-bond acceptors (Lipinski definition) is 2. The van der Waals surface area contributed by atoms with Gasteiger partial charge < -0.3 is 15.7 Å². The molecule has 0 fully saturated rings. The second-order valence-electron chi connectivity index (χ2n) is 5.69. The number of carbonyl (C=O) groups excluding carboxylic acids is 1. The van der Waals surface area contributed by atoms with Gasteiger partial charge in [0.1, 0.15) is 6.04 Å². The van der Waals surface area contributed by atoms with Gasteiger partial charge in [-0.3, -0.25) is 0 Å². The van der Waals surface area contributed by atoms with E-state index in [4.69, 9.17) is 5.11 Å². The monoisotopic (exact) mass is 292 g/mol. The lowest BCUT2D eigenvalue weighted by molar-refractivity contribution is -0.139. The molecule has 0 aromatic heterocycles. The molecule has 0 bridgehead atoms. The van der Waals surface area contributed by atoms with Crippen molar-refractivity contribution in [1.29, 1.82) is 0 Å². The van der Waals surface area contributed by atoms with Gasteiger partial charge in [0, 0.05) is 6.54 Å². The lowest BCUT2D eigenvalue weighted by Gasteiger charge is -2.18. The third-order valence-electron chi connectivity index (χ3n) is 3.25. The van der Waals surface area contributed by atoms with E-state index < -0.39 is 18.0 Å². The molecule has 0 heterocycles.